The summed E-state index contributed by atoms with van der Waals surface area (Å²) in [6, 6.07) is 3.89. The quantitative estimate of drug-likeness (QED) is 0.231. The molecule has 0 spiro atoms. The number of amides is 1. The SMILES string of the molecule is CCNC(=NCCCN1CCN(C(=O)OC(C)(C)C)CC1)NCCc1ccco1.I. The number of furan rings is 1. The minimum absolute atomic E-state index is 0. The van der Waals surface area contributed by atoms with E-state index in [2.05, 4.69) is 27.4 Å². The van der Waals surface area contributed by atoms with Crippen molar-refractivity contribution in [3.8, 4) is 0 Å². The lowest BCUT2D eigenvalue weighted by Crippen LogP contribution is -2.50. The van der Waals surface area contributed by atoms with E-state index >= 15 is 0 Å². The van der Waals surface area contributed by atoms with E-state index in [0.29, 0.717) is 0 Å². The third kappa shape index (κ3) is 10.5. The van der Waals surface area contributed by atoms with E-state index in [0.717, 1.165) is 76.9 Å². The zero-order valence-electron chi connectivity index (χ0n) is 18.8. The van der Waals surface area contributed by atoms with Gasteiger partial charge in [-0.05, 0) is 46.2 Å². The smallest absolute Gasteiger partial charge is 0.410 e. The molecule has 1 aliphatic rings. The molecule has 0 aromatic carbocycles. The molecule has 8 nitrogen and oxygen atoms in total. The molecule has 1 aromatic heterocycles. The summed E-state index contributed by atoms with van der Waals surface area (Å²) in [6.45, 7) is 14.3. The Morgan fingerprint density at radius 2 is 1.97 bits per heavy atom. The summed E-state index contributed by atoms with van der Waals surface area (Å²) in [7, 11) is 0. The number of nitrogens with one attached hydrogen (secondary N) is 2. The molecule has 0 saturated carbocycles. The van der Waals surface area contributed by atoms with E-state index in [1.165, 1.54) is 0 Å². The predicted molar refractivity (Wildman–Crippen MR) is 131 cm³/mol. The molecule has 172 valence electrons. The third-order valence-corrected chi connectivity index (χ3v) is 4.51. The van der Waals surface area contributed by atoms with Gasteiger partial charge in [-0.15, -0.1) is 24.0 Å². The third-order valence-electron chi connectivity index (χ3n) is 4.51. The van der Waals surface area contributed by atoms with E-state index in [4.69, 9.17) is 9.15 Å². The maximum atomic E-state index is 12.1. The first-order valence-corrected chi connectivity index (χ1v) is 10.6. The van der Waals surface area contributed by atoms with Crippen LogP contribution < -0.4 is 10.6 Å². The average Bonchev–Trinajstić information content (AvgIpc) is 3.17. The molecular weight excluding hydrogens is 497 g/mol. The summed E-state index contributed by atoms with van der Waals surface area (Å²) in [4.78, 5) is 21.0. The van der Waals surface area contributed by atoms with Crippen molar-refractivity contribution in [2.24, 2.45) is 4.99 Å². The lowest BCUT2D eigenvalue weighted by molar-refractivity contribution is 0.0145. The summed E-state index contributed by atoms with van der Waals surface area (Å²) >= 11 is 0. The highest BCUT2D eigenvalue weighted by atomic mass is 127. The van der Waals surface area contributed by atoms with Crippen LogP contribution in [0.5, 0.6) is 0 Å². The number of nitrogens with zero attached hydrogens (tertiary/aromatic N) is 3. The Bertz CT molecular complexity index is 623. The largest absolute Gasteiger partial charge is 0.469 e. The van der Waals surface area contributed by atoms with E-state index in [1.807, 2.05) is 32.9 Å². The van der Waals surface area contributed by atoms with Gasteiger partial charge in [0.1, 0.15) is 11.4 Å². The first kappa shape index (κ1) is 26.5. The monoisotopic (exact) mass is 535 g/mol. The summed E-state index contributed by atoms with van der Waals surface area (Å²) in [5, 5.41) is 6.62. The minimum Gasteiger partial charge on any atom is -0.469 e. The van der Waals surface area contributed by atoms with E-state index in [1.54, 1.807) is 11.2 Å². The standard InChI is InChI=1S/C21H37N5O3.HI/c1-5-22-19(24-11-9-18-8-6-17-28-18)23-10-7-12-25-13-15-26(16-14-25)20(27)29-21(2,3)4;/h6,8,17H,5,7,9-16H2,1-4H3,(H2,22,23,24);1H. The first-order valence-electron chi connectivity index (χ1n) is 10.6. The lowest BCUT2D eigenvalue weighted by atomic mass is 10.2. The second kappa shape index (κ2) is 13.7. The Hall–Kier alpha value is -1.49. The molecule has 30 heavy (non-hydrogen) atoms. The normalized spacial score (nSPS) is 15.5. The van der Waals surface area contributed by atoms with Crippen molar-refractivity contribution >= 4 is 36.0 Å². The maximum absolute atomic E-state index is 12.1. The number of carbonyl (C=O) groups is 1. The Morgan fingerprint density at radius 1 is 1.23 bits per heavy atom. The number of piperazine rings is 1. The molecule has 1 aliphatic heterocycles. The van der Waals surface area contributed by atoms with E-state index < -0.39 is 5.60 Å². The van der Waals surface area contributed by atoms with Gasteiger partial charge >= 0.3 is 6.09 Å². The second-order valence-corrected chi connectivity index (χ2v) is 8.18. The van der Waals surface area contributed by atoms with Crippen LogP contribution in [-0.2, 0) is 11.2 Å². The average molecular weight is 535 g/mol. The van der Waals surface area contributed by atoms with Crippen molar-refractivity contribution in [3.05, 3.63) is 24.2 Å². The van der Waals surface area contributed by atoms with Crippen molar-refractivity contribution in [2.45, 2.75) is 46.1 Å². The number of halogens is 1. The van der Waals surface area contributed by atoms with Crippen molar-refractivity contribution in [1.29, 1.82) is 0 Å². The van der Waals surface area contributed by atoms with Crippen LogP contribution >= 0.6 is 24.0 Å². The molecule has 0 bridgehead atoms. The fourth-order valence-electron chi connectivity index (χ4n) is 3.07. The molecule has 1 fully saturated rings. The molecule has 0 radical (unpaired) electrons. The molecule has 2 heterocycles. The zero-order valence-corrected chi connectivity index (χ0v) is 21.1. The molecule has 1 aromatic rings. The Kier molecular flexibility index (Phi) is 12.2. The number of hydrogen-bond acceptors (Lipinski definition) is 5. The van der Waals surface area contributed by atoms with Crippen molar-refractivity contribution in [3.63, 3.8) is 0 Å². The van der Waals surface area contributed by atoms with Crippen molar-refractivity contribution in [1.82, 2.24) is 20.4 Å². The molecule has 0 atom stereocenters. The fraction of sp³-hybridized carbons (Fsp3) is 0.714. The first-order chi connectivity index (χ1) is 13.9. The van der Waals surface area contributed by atoms with Crippen LogP contribution in [0.15, 0.2) is 27.8 Å². The summed E-state index contributed by atoms with van der Waals surface area (Å²) in [5.41, 5.74) is -0.442. The molecule has 2 N–H and O–H groups in total. The van der Waals surface area contributed by atoms with Gasteiger partial charge in [0.15, 0.2) is 5.96 Å². The highest BCUT2D eigenvalue weighted by Gasteiger charge is 2.25. The molecule has 1 saturated heterocycles. The second-order valence-electron chi connectivity index (χ2n) is 8.18. The zero-order chi connectivity index (χ0) is 21.1. The topological polar surface area (TPSA) is 82.3 Å². The van der Waals surface area contributed by atoms with Gasteiger partial charge < -0.3 is 24.7 Å². The molecule has 1 amide bonds. The highest BCUT2D eigenvalue weighted by molar-refractivity contribution is 14.0. The summed E-state index contributed by atoms with van der Waals surface area (Å²) < 4.78 is 10.8. The van der Waals surface area contributed by atoms with Gasteiger partial charge in [-0.3, -0.25) is 9.89 Å². The maximum Gasteiger partial charge on any atom is 0.410 e. The van der Waals surface area contributed by atoms with Crippen LogP contribution in [0.3, 0.4) is 0 Å². The van der Waals surface area contributed by atoms with Crippen LogP contribution in [-0.4, -0.2) is 79.8 Å². The number of carbonyl (C=O) groups excluding carboxylic acids is 1. The molecule has 2 rings (SSSR count). The van der Waals surface area contributed by atoms with Gasteiger partial charge in [0.25, 0.3) is 0 Å². The summed E-state index contributed by atoms with van der Waals surface area (Å²) in [5.74, 6) is 1.81. The number of rotatable bonds is 8. The Morgan fingerprint density at radius 3 is 2.57 bits per heavy atom. The van der Waals surface area contributed by atoms with Gasteiger partial charge in [-0.2, -0.15) is 0 Å². The number of aliphatic imine (C=N–C) groups is 1. The van der Waals surface area contributed by atoms with Crippen LogP contribution in [0.4, 0.5) is 4.79 Å². The number of hydrogen-bond donors (Lipinski definition) is 2. The van der Waals surface area contributed by atoms with Gasteiger partial charge in [-0.1, -0.05) is 0 Å². The van der Waals surface area contributed by atoms with Gasteiger partial charge in [0.2, 0.25) is 0 Å². The van der Waals surface area contributed by atoms with Crippen LogP contribution in [0.1, 0.15) is 39.9 Å². The van der Waals surface area contributed by atoms with Crippen LogP contribution in [0, 0.1) is 0 Å². The molecular formula is C21H38IN5O3. The predicted octanol–water partition coefficient (Wildman–Crippen LogP) is 2.94. The molecule has 0 unspecified atom stereocenters. The van der Waals surface area contributed by atoms with E-state index in [-0.39, 0.29) is 30.1 Å². The Balaban J connectivity index is 0.00000450. The Labute approximate surface area is 197 Å². The number of guanidine groups is 1. The number of ether oxygens (including phenoxy) is 1. The van der Waals surface area contributed by atoms with Crippen molar-refractivity contribution in [2.75, 3.05) is 52.4 Å². The molecule has 0 aliphatic carbocycles. The highest BCUT2D eigenvalue weighted by Crippen LogP contribution is 2.12. The van der Waals surface area contributed by atoms with E-state index in [9.17, 15) is 4.79 Å². The van der Waals surface area contributed by atoms with Gasteiger partial charge in [0.05, 0.1) is 6.26 Å². The van der Waals surface area contributed by atoms with Crippen LogP contribution in [0.25, 0.3) is 0 Å². The lowest BCUT2D eigenvalue weighted by Gasteiger charge is -2.35. The fourth-order valence-corrected chi connectivity index (χ4v) is 3.07. The van der Waals surface area contributed by atoms with Crippen molar-refractivity contribution < 1.29 is 13.9 Å². The molecule has 9 heteroatoms. The van der Waals surface area contributed by atoms with Gasteiger partial charge in [-0.25, -0.2) is 4.79 Å². The minimum atomic E-state index is -0.442. The van der Waals surface area contributed by atoms with Gasteiger partial charge in [0, 0.05) is 58.8 Å². The summed E-state index contributed by atoms with van der Waals surface area (Å²) in [6.07, 6.45) is 3.31. The van der Waals surface area contributed by atoms with Crippen LogP contribution in [0.2, 0.25) is 0 Å².